The fourth-order valence-electron chi connectivity index (χ4n) is 2.57. The summed E-state index contributed by atoms with van der Waals surface area (Å²) in [4.78, 5) is 0. The molecule has 1 aromatic rings. The van der Waals surface area contributed by atoms with Gasteiger partial charge in [-0.25, -0.2) is 0 Å². The largest absolute Gasteiger partial charge is 0.485 e. The molecule has 0 saturated heterocycles. The van der Waals surface area contributed by atoms with Crippen molar-refractivity contribution in [1.29, 1.82) is 0 Å². The van der Waals surface area contributed by atoms with Gasteiger partial charge in [0.1, 0.15) is 11.9 Å². The van der Waals surface area contributed by atoms with Crippen molar-refractivity contribution in [3.63, 3.8) is 0 Å². The Kier molecular flexibility index (Phi) is 6.72. The normalized spacial score (nSPS) is 17.1. The summed E-state index contributed by atoms with van der Waals surface area (Å²) in [5.41, 5.74) is 1.11. The van der Waals surface area contributed by atoms with Crippen LogP contribution in [0.15, 0.2) is 24.3 Å². The SMILES string of the molecule is CCCCCCCCNCC1CNc2ccccc2O1. The van der Waals surface area contributed by atoms with Gasteiger partial charge in [-0.3, -0.25) is 0 Å². The lowest BCUT2D eigenvalue weighted by Crippen LogP contribution is -2.39. The molecule has 20 heavy (non-hydrogen) atoms. The zero-order valence-electron chi connectivity index (χ0n) is 12.7. The quantitative estimate of drug-likeness (QED) is 0.673. The summed E-state index contributed by atoms with van der Waals surface area (Å²) in [5.74, 6) is 0.977. The molecule has 1 heterocycles. The van der Waals surface area contributed by atoms with Gasteiger partial charge in [-0.2, -0.15) is 0 Å². The van der Waals surface area contributed by atoms with Crippen LogP contribution >= 0.6 is 0 Å². The molecule has 0 aromatic heterocycles. The summed E-state index contributed by atoms with van der Waals surface area (Å²) in [6.07, 6.45) is 8.35. The summed E-state index contributed by atoms with van der Waals surface area (Å²) < 4.78 is 5.97. The number of fused-ring (bicyclic) bond motifs is 1. The predicted octanol–water partition coefficient (Wildman–Crippen LogP) is 3.81. The minimum absolute atomic E-state index is 0.241. The van der Waals surface area contributed by atoms with Crippen LogP contribution in [0.1, 0.15) is 45.4 Å². The lowest BCUT2D eigenvalue weighted by Gasteiger charge is -2.27. The first kappa shape index (κ1) is 15.2. The van der Waals surface area contributed by atoms with Crippen molar-refractivity contribution in [3.8, 4) is 5.75 Å². The number of hydrogen-bond acceptors (Lipinski definition) is 3. The number of rotatable bonds is 9. The van der Waals surface area contributed by atoms with Gasteiger partial charge in [0.2, 0.25) is 0 Å². The van der Waals surface area contributed by atoms with Crippen LogP contribution in [-0.4, -0.2) is 25.7 Å². The Morgan fingerprint density at radius 1 is 1.15 bits per heavy atom. The van der Waals surface area contributed by atoms with E-state index in [0.29, 0.717) is 0 Å². The molecule has 0 fully saturated rings. The van der Waals surface area contributed by atoms with Crippen molar-refractivity contribution in [2.75, 3.05) is 25.0 Å². The van der Waals surface area contributed by atoms with E-state index in [-0.39, 0.29) is 6.10 Å². The van der Waals surface area contributed by atoms with Gasteiger partial charge in [0, 0.05) is 6.54 Å². The molecule has 3 nitrogen and oxygen atoms in total. The Bertz CT molecular complexity index is 381. The fraction of sp³-hybridized carbons (Fsp3) is 0.647. The van der Waals surface area contributed by atoms with Crippen LogP contribution in [0, 0.1) is 0 Å². The molecule has 0 aliphatic carbocycles. The maximum atomic E-state index is 5.97. The second-order valence-corrected chi connectivity index (χ2v) is 5.59. The second-order valence-electron chi connectivity index (χ2n) is 5.59. The zero-order valence-corrected chi connectivity index (χ0v) is 12.7. The smallest absolute Gasteiger partial charge is 0.142 e. The third-order valence-electron chi connectivity index (χ3n) is 3.78. The molecule has 1 atom stereocenters. The van der Waals surface area contributed by atoms with Crippen LogP contribution in [0.4, 0.5) is 5.69 Å². The lowest BCUT2D eigenvalue weighted by molar-refractivity contribution is 0.202. The van der Waals surface area contributed by atoms with Crippen molar-refractivity contribution in [2.45, 2.75) is 51.6 Å². The number of para-hydroxylation sites is 2. The van der Waals surface area contributed by atoms with Crippen LogP contribution < -0.4 is 15.4 Å². The van der Waals surface area contributed by atoms with Gasteiger partial charge < -0.3 is 15.4 Å². The molecule has 0 saturated carbocycles. The van der Waals surface area contributed by atoms with Gasteiger partial charge in [-0.05, 0) is 25.1 Å². The monoisotopic (exact) mass is 276 g/mol. The molecule has 2 rings (SSSR count). The van der Waals surface area contributed by atoms with E-state index < -0.39 is 0 Å². The van der Waals surface area contributed by atoms with E-state index in [4.69, 9.17) is 4.74 Å². The van der Waals surface area contributed by atoms with Gasteiger partial charge in [0.15, 0.2) is 0 Å². The van der Waals surface area contributed by atoms with Crippen LogP contribution in [0.5, 0.6) is 5.75 Å². The summed E-state index contributed by atoms with van der Waals surface area (Å²) in [7, 11) is 0. The second kappa shape index (κ2) is 8.85. The average molecular weight is 276 g/mol. The highest BCUT2D eigenvalue weighted by atomic mass is 16.5. The van der Waals surface area contributed by atoms with Crippen LogP contribution in [0.25, 0.3) is 0 Å². The van der Waals surface area contributed by atoms with Crippen LogP contribution in [0.3, 0.4) is 0 Å². The molecule has 0 bridgehead atoms. The standard InChI is InChI=1S/C17H28N2O/c1-2-3-4-5-6-9-12-18-13-15-14-19-16-10-7-8-11-17(16)20-15/h7-8,10-11,15,18-19H,2-6,9,12-14H2,1H3. The summed E-state index contributed by atoms with van der Waals surface area (Å²) in [5, 5.41) is 6.93. The van der Waals surface area contributed by atoms with E-state index in [1.807, 2.05) is 18.2 Å². The third-order valence-corrected chi connectivity index (χ3v) is 3.78. The minimum Gasteiger partial charge on any atom is -0.485 e. The lowest BCUT2D eigenvalue weighted by atomic mass is 10.1. The molecule has 1 aliphatic rings. The molecule has 0 amide bonds. The molecule has 1 unspecified atom stereocenters. The summed E-state index contributed by atoms with van der Waals surface area (Å²) in [6.45, 7) is 5.18. The molecule has 1 aliphatic heterocycles. The van der Waals surface area contributed by atoms with Gasteiger partial charge in [0.05, 0.1) is 12.2 Å². The van der Waals surface area contributed by atoms with E-state index >= 15 is 0 Å². The van der Waals surface area contributed by atoms with Gasteiger partial charge in [0.25, 0.3) is 0 Å². The van der Waals surface area contributed by atoms with Crippen molar-refractivity contribution in [3.05, 3.63) is 24.3 Å². The molecule has 0 radical (unpaired) electrons. The highest BCUT2D eigenvalue weighted by molar-refractivity contribution is 5.57. The summed E-state index contributed by atoms with van der Waals surface area (Å²) >= 11 is 0. The van der Waals surface area contributed by atoms with Crippen molar-refractivity contribution in [2.24, 2.45) is 0 Å². The molecular formula is C17H28N2O. The molecular weight excluding hydrogens is 248 g/mol. The Labute approximate surface area is 123 Å². The first-order valence-corrected chi connectivity index (χ1v) is 8.10. The first-order valence-electron chi connectivity index (χ1n) is 8.10. The van der Waals surface area contributed by atoms with Gasteiger partial charge in [-0.1, -0.05) is 51.2 Å². The van der Waals surface area contributed by atoms with Gasteiger partial charge >= 0.3 is 0 Å². The van der Waals surface area contributed by atoms with Gasteiger partial charge in [-0.15, -0.1) is 0 Å². The third kappa shape index (κ3) is 5.04. The fourth-order valence-corrected chi connectivity index (χ4v) is 2.57. The number of unbranched alkanes of at least 4 members (excludes halogenated alkanes) is 5. The molecule has 1 aromatic carbocycles. The van der Waals surface area contributed by atoms with Crippen molar-refractivity contribution in [1.82, 2.24) is 5.32 Å². The van der Waals surface area contributed by atoms with E-state index in [1.165, 1.54) is 38.5 Å². The maximum absolute atomic E-state index is 5.97. The Hall–Kier alpha value is -1.22. The van der Waals surface area contributed by atoms with Crippen molar-refractivity contribution >= 4 is 5.69 Å². The Morgan fingerprint density at radius 3 is 2.85 bits per heavy atom. The highest BCUT2D eigenvalue weighted by Gasteiger charge is 2.17. The Morgan fingerprint density at radius 2 is 1.95 bits per heavy atom. The first-order chi connectivity index (χ1) is 9.90. The Balaban J connectivity index is 1.53. The highest BCUT2D eigenvalue weighted by Crippen LogP contribution is 2.27. The van der Waals surface area contributed by atoms with Crippen LogP contribution in [0.2, 0.25) is 0 Å². The maximum Gasteiger partial charge on any atom is 0.142 e. The van der Waals surface area contributed by atoms with E-state index in [2.05, 4.69) is 23.6 Å². The zero-order chi connectivity index (χ0) is 14.0. The van der Waals surface area contributed by atoms with Crippen LogP contribution in [-0.2, 0) is 0 Å². The number of benzene rings is 1. The van der Waals surface area contributed by atoms with E-state index in [9.17, 15) is 0 Å². The number of hydrogen-bond donors (Lipinski definition) is 2. The number of anilines is 1. The summed E-state index contributed by atoms with van der Waals surface area (Å²) in [6, 6.07) is 8.15. The van der Waals surface area contributed by atoms with E-state index in [1.54, 1.807) is 0 Å². The molecule has 2 N–H and O–H groups in total. The van der Waals surface area contributed by atoms with Crippen molar-refractivity contribution < 1.29 is 4.74 Å². The number of nitrogens with one attached hydrogen (secondary N) is 2. The topological polar surface area (TPSA) is 33.3 Å². The number of ether oxygens (including phenoxy) is 1. The van der Waals surface area contributed by atoms with E-state index in [0.717, 1.165) is 31.1 Å². The molecule has 3 heteroatoms. The predicted molar refractivity (Wildman–Crippen MR) is 85.6 cm³/mol. The molecule has 112 valence electrons. The molecule has 0 spiro atoms. The average Bonchev–Trinajstić information content (AvgIpc) is 2.50. The minimum atomic E-state index is 0.241.